The molecule has 1 aromatic heterocycles. The van der Waals surface area contributed by atoms with E-state index in [0.717, 1.165) is 33.9 Å². The molecule has 4 aromatic rings. The van der Waals surface area contributed by atoms with Crippen molar-refractivity contribution in [1.82, 2.24) is 10.3 Å². The van der Waals surface area contributed by atoms with Crippen LogP contribution in [-0.2, 0) is 28.9 Å². The summed E-state index contributed by atoms with van der Waals surface area (Å²) in [5.41, 5.74) is 3.68. The second-order valence-electron chi connectivity index (χ2n) is 8.65. The zero-order chi connectivity index (χ0) is 26.0. The Morgan fingerprint density at radius 1 is 1.00 bits per heavy atom. The molecule has 0 unspecified atom stereocenters. The molecule has 0 saturated heterocycles. The van der Waals surface area contributed by atoms with E-state index < -0.39 is 6.04 Å². The fourth-order valence-corrected chi connectivity index (χ4v) is 3.91. The lowest BCUT2D eigenvalue weighted by Gasteiger charge is -2.18. The van der Waals surface area contributed by atoms with Gasteiger partial charge in [-0.3, -0.25) is 4.79 Å². The maximum atomic E-state index is 13.2. The van der Waals surface area contributed by atoms with Crippen molar-refractivity contribution in [2.45, 2.75) is 39.3 Å². The molecule has 0 aliphatic heterocycles. The summed E-state index contributed by atoms with van der Waals surface area (Å²) in [5.74, 6) is 1.53. The highest BCUT2D eigenvalue weighted by Gasteiger charge is 2.20. The van der Waals surface area contributed by atoms with Crippen LogP contribution in [0.3, 0.4) is 0 Å². The molecule has 0 bridgehead atoms. The van der Waals surface area contributed by atoms with E-state index >= 15 is 0 Å². The van der Waals surface area contributed by atoms with E-state index in [-0.39, 0.29) is 11.8 Å². The number of esters is 1. The molecule has 192 valence electrons. The molecular weight excluding hydrogens is 471 g/mol. The highest BCUT2D eigenvalue weighted by molar-refractivity contribution is 5.76. The van der Waals surface area contributed by atoms with Gasteiger partial charge >= 0.3 is 5.97 Å². The predicted octanol–water partition coefficient (Wildman–Crippen LogP) is 5.67. The SMILES string of the molecule is CCOC(=O)[C@H](Cc1ccc(OCCc2nc(-c3ccccc3)oc2C)cc1)NCc1ccc(F)cc1. The largest absolute Gasteiger partial charge is 0.493 e. The van der Waals surface area contributed by atoms with Gasteiger partial charge in [0, 0.05) is 18.5 Å². The van der Waals surface area contributed by atoms with E-state index in [1.807, 2.05) is 61.5 Å². The summed E-state index contributed by atoms with van der Waals surface area (Å²) in [6.07, 6.45) is 1.09. The van der Waals surface area contributed by atoms with Crippen LogP contribution in [0.1, 0.15) is 29.5 Å². The van der Waals surface area contributed by atoms with Crippen molar-refractivity contribution in [3.63, 3.8) is 0 Å². The van der Waals surface area contributed by atoms with E-state index in [9.17, 15) is 9.18 Å². The molecule has 7 heteroatoms. The predicted molar refractivity (Wildman–Crippen MR) is 140 cm³/mol. The molecule has 0 radical (unpaired) electrons. The van der Waals surface area contributed by atoms with E-state index in [1.54, 1.807) is 19.1 Å². The molecule has 0 fully saturated rings. The van der Waals surface area contributed by atoms with Gasteiger partial charge in [0.25, 0.3) is 0 Å². The molecule has 0 aliphatic rings. The Morgan fingerprint density at radius 2 is 1.70 bits per heavy atom. The van der Waals surface area contributed by atoms with Crippen LogP contribution >= 0.6 is 0 Å². The van der Waals surface area contributed by atoms with Crippen LogP contribution in [0.4, 0.5) is 4.39 Å². The Morgan fingerprint density at radius 3 is 2.41 bits per heavy atom. The minimum Gasteiger partial charge on any atom is -0.493 e. The first-order valence-electron chi connectivity index (χ1n) is 12.4. The zero-order valence-corrected chi connectivity index (χ0v) is 21.1. The number of aromatic nitrogens is 1. The standard InChI is InChI=1S/C30H31FN2O4/c1-3-35-30(34)28(32-20-23-9-13-25(31)14-10-23)19-22-11-15-26(16-12-22)36-18-17-27-21(2)37-29(33-27)24-7-5-4-6-8-24/h4-16,28,32H,3,17-20H2,1-2H3/t28-/m0/s1. The van der Waals surface area contributed by atoms with Crippen LogP contribution in [0.5, 0.6) is 5.75 Å². The fourth-order valence-electron chi connectivity index (χ4n) is 3.91. The van der Waals surface area contributed by atoms with Gasteiger partial charge in [-0.2, -0.15) is 0 Å². The highest BCUT2D eigenvalue weighted by atomic mass is 19.1. The maximum Gasteiger partial charge on any atom is 0.323 e. The first-order valence-corrected chi connectivity index (χ1v) is 12.4. The number of benzene rings is 3. The van der Waals surface area contributed by atoms with Crippen LogP contribution in [-0.4, -0.2) is 30.2 Å². The lowest BCUT2D eigenvalue weighted by atomic mass is 10.1. The van der Waals surface area contributed by atoms with Gasteiger partial charge in [0.2, 0.25) is 5.89 Å². The number of aryl methyl sites for hydroxylation is 1. The summed E-state index contributed by atoms with van der Waals surface area (Å²) < 4.78 is 30.2. The van der Waals surface area contributed by atoms with Crippen LogP contribution in [0.15, 0.2) is 83.3 Å². The molecule has 37 heavy (non-hydrogen) atoms. The second-order valence-corrected chi connectivity index (χ2v) is 8.65. The van der Waals surface area contributed by atoms with E-state index in [4.69, 9.17) is 13.9 Å². The fraction of sp³-hybridized carbons (Fsp3) is 0.267. The number of hydrogen-bond donors (Lipinski definition) is 1. The lowest BCUT2D eigenvalue weighted by Crippen LogP contribution is -2.39. The van der Waals surface area contributed by atoms with Gasteiger partial charge < -0.3 is 19.2 Å². The van der Waals surface area contributed by atoms with Gasteiger partial charge in [-0.15, -0.1) is 0 Å². The third-order valence-electron chi connectivity index (χ3n) is 5.92. The molecule has 1 heterocycles. The summed E-state index contributed by atoms with van der Waals surface area (Å²) >= 11 is 0. The number of ether oxygens (including phenoxy) is 2. The van der Waals surface area contributed by atoms with Gasteiger partial charge in [-0.05, 0) is 67.8 Å². The highest BCUT2D eigenvalue weighted by Crippen LogP contribution is 2.22. The number of carbonyl (C=O) groups excluding carboxylic acids is 1. The molecule has 0 spiro atoms. The molecule has 0 aliphatic carbocycles. The Hall–Kier alpha value is -3.97. The zero-order valence-electron chi connectivity index (χ0n) is 21.1. The number of rotatable bonds is 12. The van der Waals surface area contributed by atoms with Crippen molar-refractivity contribution in [2.75, 3.05) is 13.2 Å². The topological polar surface area (TPSA) is 73.6 Å². The van der Waals surface area contributed by atoms with Gasteiger partial charge in [0.15, 0.2) is 0 Å². The Balaban J connectivity index is 1.30. The molecule has 0 saturated carbocycles. The summed E-state index contributed by atoms with van der Waals surface area (Å²) in [6.45, 7) is 4.89. The number of hydrogen-bond acceptors (Lipinski definition) is 6. The average Bonchev–Trinajstić information content (AvgIpc) is 3.29. The van der Waals surface area contributed by atoms with Gasteiger partial charge in [-0.1, -0.05) is 42.5 Å². The van der Waals surface area contributed by atoms with Crippen molar-refractivity contribution in [1.29, 1.82) is 0 Å². The Kier molecular flexibility index (Phi) is 9.05. The lowest BCUT2D eigenvalue weighted by molar-refractivity contribution is -0.145. The molecule has 1 atom stereocenters. The number of halogens is 1. The smallest absolute Gasteiger partial charge is 0.323 e. The van der Waals surface area contributed by atoms with Gasteiger partial charge in [0.05, 0.1) is 18.9 Å². The number of nitrogens with one attached hydrogen (secondary N) is 1. The van der Waals surface area contributed by atoms with Crippen LogP contribution in [0, 0.1) is 12.7 Å². The molecular formula is C30H31FN2O4. The molecule has 1 N–H and O–H groups in total. The maximum absolute atomic E-state index is 13.2. The number of oxazole rings is 1. The van der Waals surface area contributed by atoms with Gasteiger partial charge in [-0.25, -0.2) is 9.37 Å². The second kappa shape index (κ2) is 12.8. The Bertz CT molecular complexity index is 1270. The normalized spacial score (nSPS) is 11.8. The minimum atomic E-state index is -0.522. The monoisotopic (exact) mass is 502 g/mol. The van der Waals surface area contributed by atoms with Crippen molar-refractivity contribution in [3.05, 3.63) is 107 Å². The van der Waals surface area contributed by atoms with E-state index in [2.05, 4.69) is 10.3 Å². The molecule has 3 aromatic carbocycles. The third kappa shape index (κ3) is 7.51. The third-order valence-corrected chi connectivity index (χ3v) is 5.92. The summed E-state index contributed by atoms with van der Waals surface area (Å²) in [6, 6.07) is 23.1. The van der Waals surface area contributed by atoms with E-state index in [1.165, 1.54) is 12.1 Å². The van der Waals surface area contributed by atoms with Gasteiger partial charge in [0.1, 0.15) is 23.4 Å². The summed E-state index contributed by atoms with van der Waals surface area (Å²) in [7, 11) is 0. The van der Waals surface area contributed by atoms with Crippen LogP contribution in [0.2, 0.25) is 0 Å². The molecule has 6 nitrogen and oxygen atoms in total. The summed E-state index contributed by atoms with van der Waals surface area (Å²) in [4.78, 5) is 17.1. The number of nitrogens with zero attached hydrogens (tertiary/aromatic N) is 1. The number of carbonyl (C=O) groups is 1. The first-order chi connectivity index (χ1) is 18.0. The quantitative estimate of drug-likeness (QED) is 0.252. The Labute approximate surface area is 216 Å². The van der Waals surface area contributed by atoms with Crippen LogP contribution in [0.25, 0.3) is 11.5 Å². The summed E-state index contributed by atoms with van der Waals surface area (Å²) in [5, 5.41) is 3.23. The van der Waals surface area contributed by atoms with Crippen molar-refractivity contribution >= 4 is 5.97 Å². The van der Waals surface area contributed by atoms with Crippen molar-refractivity contribution < 1.29 is 23.1 Å². The van der Waals surface area contributed by atoms with Crippen molar-refractivity contribution in [2.24, 2.45) is 0 Å². The minimum absolute atomic E-state index is 0.291. The average molecular weight is 503 g/mol. The first kappa shape index (κ1) is 26.1. The van der Waals surface area contributed by atoms with Crippen LogP contribution < -0.4 is 10.1 Å². The molecule has 4 rings (SSSR count). The van der Waals surface area contributed by atoms with Crippen molar-refractivity contribution in [3.8, 4) is 17.2 Å². The van der Waals surface area contributed by atoms with E-state index in [0.29, 0.717) is 38.5 Å². The molecule has 0 amide bonds.